The van der Waals surface area contributed by atoms with E-state index in [-0.39, 0.29) is 38.6 Å². The highest BCUT2D eigenvalue weighted by Crippen LogP contribution is 2.45. The monoisotopic (exact) mass is 640 g/mol. The van der Waals surface area contributed by atoms with Crippen LogP contribution in [-0.4, -0.2) is 55.8 Å². The van der Waals surface area contributed by atoms with Crippen molar-refractivity contribution >= 4 is 53.0 Å². The molecule has 0 radical (unpaired) electrons. The number of piperidine rings is 2. The number of nitrogens with zero attached hydrogens (tertiary/aromatic N) is 3. The zero-order valence-corrected chi connectivity index (χ0v) is 26.5. The Kier molecular flexibility index (Phi) is 7.93. The standard InChI is InChI=1S/C32H40N4O6S2/c37-33-31-26-16-14-24(44(41,42)36-18-6-10-22-8-2-4-12-30(22)36)20-28(26)32(34-38)25-15-13-23(19-27(25)31)43(39,40)35-17-5-9-21-7-1-3-11-29(21)35/h13-16,19-22,29-30,33,37H,1-12,17-18H2/t21-,22-,29+,30+/m1/s1. The van der Waals surface area contributed by atoms with Crippen LogP contribution in [0.5, 0.6) is 0 Å². The van der Waals surface area contributed by atoms with Crippen molar-refractivity contribution in [1.29, 1.82) is 0 Å². The van der Waals surface area contributed by atoms with Gasteiger partial charge >= 0.3 is 0 Å². The molecule has 0 aromatic heterocycles. The Balaban J connectivity index is 1.32. The van der Waals surface area contributed by atoms with Crippen molar-refractivity contribution in [2.75, 3.05) is 18.6 Å². The lowest BCUT2D eigenvalue weighted by atomic mass is 9.79. The fourth-order valence-electron chi connectivity index (χ4n) is 8.73. The topological polar surface area (TPSA) is 136 Å². The van der Waals surface area contributed by atoms with E-state index in [2.05, 4.69) is 10.7 Å². The van der Waals surface area contributed by atoms with Crippen LogP contribution in [0, 0.1) is 16.7 Å². The molecule has 2 N–H and O–H groups in total. The lowest BCUT2D eigenvalue weighted by Gasteiger charge is -2.43. The molecule has 2 aliphatic carbocycles. The van der Waals surface area contributed by atoms with Crippen LogP contribution in [-0.2, 0) is 20.0 Å². The van der Waals surface area contributed by atoms with Crippen molar-refractivity contribution in [2.24, 2.45) is 17.0 Å². The fraction of sp³-hybridized carbons (Fsp3) is 0.562. The number of nitroso groups, excluding NO2 is 1. The van der Waals surface area contributed by atoms with Crippen LogP contribution >= 0.6 is 0 Å². The third kappa shape index (κ3) is 4.84. The molecule has 4 aliphatic rings. The number of sulfonamides is 2. The third-order valence-electron chi connectivity index (χ3n) is 10.8. The quantitative estimate of drug-likeness (QED) is 0.170. The number of nitrogens with one attached hydrogen (secondary N) is 1. The predicted octanol–water partition coefficient (Wildman–Crippen LogP) is 6.88. The SMILES string of the molecule is O=Nc1c2cc(S(=O)(=O)N3CCC[C@H]4CCCC[C@@H]43)ccc2c(NO)c2cc(S(=O)(=O)N3CCC[C@H]4CCCC[C@@H]43)ccc12. The number of fused-ring (bicyclic) bond motifs is 4. The number of anilines is 1. The van der Waals surface area contributed by atoms with Crippen LogP contribution in [0.25, 0.3) is 21.5 Å². The average molecular weight is 641 g/mol. The van der Waals surface area contributed by atoms with Crippen LogP contribution in [0.3, 0.4) is 0 Å². The number of hydrogen-bond acceptors (Lipinski definition) is 8. The van der Waals surface area contributed by atoms with E-state index in [4.69, 9.17) is 0 Å². The first-order chi connectivity index (χ1) is 21.3. The molecule has 0 bridgehead atoms. The minimum atomic E-state index is -3.85. The lowest BCUT2D eigenvalue weighted by molar-refractivity contribution is 0.129. The Morgan fingerprint density at radius 2 is 1.11 bits per heavy atom. The zero-order chi connectivity index (χ0) is 30.6. The highest BCUT2D eigenvalue weighted by molar-refractivity contribution is 7.89. The molecule has 12 heteroatoms. The summed E-state index contributed by atoms with van der Waals surface area (Å²) >= 11 is 0. The first kappa shape index (κ1) is 30.0. The summed E-state index contributed by atoms with van der Waals surface area (Å²) in [7, 11) is -7.69. The minimum Gasteiger partial charge on any atom is -0.291 e. The van der Waals surface area contributed by atoms with E-state index in [9.17, 15) is 26.9 Å². The van der Waals surface area contributed by atoms with Crippen LogP contribution in [0.2, 0.25) is 0 Å². The number of benzene rings is 3. The van der Waals surface area contributed by atoms with Crippen molar-refractivity contribution in [3.05, 3.63) is 41.3 Å². The molecular formula is C32H40N4O6S2. The molecule has 0 unspecified atom stereocenters. The Bertz CT molecular complexity index is 1830. The van der Waals surface area contributed by atoms with Gasteiger partial charge in [0.1, 0.15) is 5.69 Å². The summed E-state index contributed by atoms with van der Waals surface area (Å²) < 4.78 is 59.3. The van der Waals surface area contributed by atoms with Gasteiger partial charge in [-0.3, -0.25) is 10.7 Å². The molecule has 0 spiro atoms. The Morgan fingerprint density at radius 3 is 1.64 bits per heavy atom. The van der Waals surface area contributed by atoms with Gasteiger partial charge in [-0.2, -0.15) is 8.61 Å². The van der Waals surface area contributed by atoms with E-state index >= 15 is 0 Å². The van der Waals surface area contributed by atoms with Crippen molar-refractivity contribution < 1.29 is 22.0 Å². The van der Waals surface area contributed by atoms with E-state index < -0.39 is 20.0 Å². The summed E-state index contributed by atoms with van der Waals surface area (Å²) in [5, 5.41) is 14.9. The first-order valence-corrected chi connectivity index (χ1v) is 18.9. The summed E-state index contributed by atoms with van der Waals surface area (Å²) in [6.45, 7) is 0.943. The van der Waals surface area contributed by atoms with Gasteiger partial charge in [0.25, 0.3) is 0 Å². The van der Waals surface area contributed by atoms with E-state index in [0.29, 0.717) is 41.1 Å². The molecule has 3 aromatic rings. The van der Waals surface area contributed by atoms with Crippen LogP contribution in [0.4, 0.5) is 11.4 Å². The first-order valence-electron chi connectivity index (χ1n) is 16.1. The molecule has 4 atom stereocenters. The largest absolute Gasteiger partial charge is 0.291 e. The van der Waals surface area contributed by atoms with Crippen molar-refractivity contribution in [1.82, 2.24) is 8.61 Å². The Hall–Kier alpha value is -2.64. The molecule has 2 saturated heterocycles. The molecule has 3 aromatic carbocycles. The maximum absolute atomic E-state index is 14.0. The summed E-state index contributed by atoms with van der Waals surface area (Å²) in [5.41, 5.74) is 2.42. The van der Waals surface area contributed by atoms with Crippen LogP contribution < -0.4 is 5.48 Å². The summed E-state index contributed by atoms with van der Waals surface area (Å²) in [6.07, 6.45) is 11.8. The highest BCUT2D eigenvalue weighted by Gasteiger charge is 2.41. The van der Waals surface area contributed by atoms with E-state index in [0.717, 1.165) is 77.0 Å². The second-order valence-corrected chi connectivity index (χ2v) is 16.9. The van der Waals surface area contributed by atoms with Crippen molar-refractivity contribution in [2.45, 2.75) is 98.9 Å². The zero-order valence-electron chi connectivity index (χ0n) is 24.8. The second-order valence-electron chi connectivity index (χ2n) is 13.1. The minimum absolute atomic E-state index is 0.00880. The average Bonchev–Trinajstić information content (AvgIpc) is 3.06. The molecule has 4 fully saturated rings. The molecule has 236 valence electrons. The molecule has 44 heavy (non-hydrogen) atoms. The summed E-state index contributed by atoms with van der Waals surface area (Å²) in [4.78, 5) is 12.5. The smallest absolute Gasteiger partial charge is 0.243 e. The second kappa shape index (κ2) is 11.6. The van der Waals surface area contributed by atoms with Gasteiger partial charge in [-0.05, 0) is 92.6 Å². The molecular weight excluding hydrogens is 601 g/mol. The third-order valence-corrected chi connectivity index (χ3v) is 14.7. The Labute approximate surface area is 258 Å². The molecule has 10 nitrogen and oxygen atoms in total. The van der Waals surface area contributed by atoms with Gasteiger partial charge < -0.3 is 0 Å². The van der Waals surface area contributed by atoms with Gasteiger partial charge in [0, 0.05) is 46.7 Å². The van der Waals surface area contributed by atoms with Gasteiger partial charge in [-0.15, -0.1) is 4.91 Å². The molecule has 7 rings (SSSR count). The van der Waals surface area contributed by atoms with Gasteiger partial charge in [-0.25, -0.2) is 16.8 Å². The highest BCUT2D eigenvalue weighted by atomic mass is 32.2. The van der Waals surface area contributed by atoms with Crippen molar-refractivity contribution in [3.63, 3.8) is 0 Å². The molecule has 0 amide bonds. The van der Waals surface area contributed by atoms with Crippen LogP contribution in [0.15, 0.2) is 51.4 Å². The maximum Gasteiger partial charge on any atom is 0.243 e. The molecule has 2 aliphatic heterocycles. The van der Waals surface area contributed by atoms with Crippen LogP contribution in [0.1, 0.15) is 77.0 Å². The summed E-state index contributed by atoms with van der Waals surface area (Å²) in [5.74, 6) is 0.741. The van der Waals surface area contributed by atoms with Gasteiger partial charge in [-0.1, -0.05) is 37.8 Å². The van der Waals surface area contributed by atoms with E-state index in [1.165, 1.54) is 24.3 Å². The predicted molar refractivity (Wildman–Crippen MR) is 170 cm³/mol. The number of hydrogen-bond donors (Lipinski definition) is 2. The maximum atomic E-state index is 14.0. The Morgan fingerprint density at radius 1 is 0.636 bits per heavy atom. The van der Waals surface area contributed by atoms with Gasteiger partial charge in [0.15, 0.2) is 0 Å². The number of rotatable bonds is 6. The van der Waals surface area contributed by atoms with E-state index in [1.807, 2.05) is 0 Å². The van der Waals surface area contributed by atoms with Gasteiger partial charge in [0.2, 0.25) is 20.0 Å². The van der Waals surface area contributed by atoms with E-state index in [1.54, 1.807) is 20.7 Å². The van der Waals surface area contributed by atoms with Gasteiger partial charge in [0.05, 0.1) is 15.5 Å². The fourth-order valence-corrected chi connectivity index (χ4v) is 12.3. The molecule has 2 heterocycles. The molecule has 2 saturated carbocycles. The van der Waals surface area contributed by atoms with Crippen molar-refractivity contribution in [3.8, 4) is 0 Å². The normalized spacial score (nSPS) is 27.1. The lowest BCUT2D eigenvalue weighted by Crippen LogP contribution is -2.49. The summed E-state index contributed by atoms with van der Waals surface area (Å²) in [6, 6.07) is 9.03.